The maximum atomic E-state index is 13.0. The normalized spacial score (nSPS) is 18.1. The molecule has 1 saturated heterocycles. The number of amides is 1. The van der Waals surface area contributed by atoms with Gasteiger partial charge in [-0.2, -0.15) is 0 Å². The fraction of sp³-hybridized carbons (Fsp3) is 0.182. The number of aliphatic hydroxyl groups excluding tert-OH is 1. The molecule has 30 heavy (non-hydrogen) atoms. The van der Waals surface area contributed by atoms with Crippen molar-refractivity contribution >= 4 is 28.8 Å². The quantitative estimate of drug-likeness (QED) is 0.365. The van der Waals surface area contributed by atoms with E-state index in [0.29, 0.717) is 22.8 Å². The second-order valence-electron chi connectivity index (χ2n) is 6.59. The Bertz CT molecular complexity index is 1100. The van der Waals surface area contributed by atoms with Gasteiger partial charge in [0.25, 0.3) is 11.7 Å². The van der Waals surface area contributed by atoms with Gasteiger partial charge in [0.2, 0.25) is 0 Å². The minimum atomic E-state index is -0.743. The van der Waals surface area contributed by atoms with Crippen LogP contribution in [0.25, 0.3) is 5.76 Å². The van der Waals surface area contributed by atoms with Crippen molar-refractivity contribution < 1.29 is 28.6 Å². The van der Waals surface area contributed by atoms with E-state index in [1.165, 1.54) is 36.7 Å². The fourth-order valence-electron chi connectivity index (χ4n) is 3.50. The fourth-order valence-corrected chi connectivity index (χ4v) is 4.34. The largest absolute Gasteiger partial charge is 0.507 e. The molecule has 1 unspecified atom stereocenters. The van der Waals surface area contributed by atoms with Gasteiger partial charge in [-0.15, -0.1) is 11.3 Å². The number of carbonyl (C=O) groups is 2. The third-order valence-corrected chi connectivity index (χ3v) is 5.84. The van der Waals surface area contributed by atoms with Crippen LogP contribution in [0.1, 0.15) is 22.2 Å². The number of likely N-dealkylation sites (tertiary alicyclic amines) is 1. The zero-order valence-electron chi connectivity index (χ0n) is 16.3. The van der Waals surface area contributed by atoms with Gasteiger partial charge in [-0.1, -0.05) is 6.07 Å². The highest BCUT2D eigenvalue weighted by Gasteiger charge is 2.46. The molecule has 0 spiro atoms. The molecule has 0 saturated carbocycles. The van der Waals surface area contributed by atoms with Crippen LogP contribution in [0.15, 0.2) is 64.1 Å². The van der Waals surface area contributed by atoms with Gasteiger partial charge < -0.3 is 23.9 Å². The predicted octanol–water partition coefficient (Wildman–Crippen LogP) is 3.98. The zero-order chi connectivity index (χ0) is 21.3. The smallest absolute Gasteiger partial charge is 0.296 e. The Morgan fingerprint density at radius 3 is 2.57 bits per heavy atom. The summed E-state index contributed by atoms with van der Waals surface area (Å²) in [6, 6.07) is 11.2. The first-order chi connectivity index (χ1) is 14.5. The van der Waals surface area contributed by atoms with E-state index in [9.17, 15) is 14.7 Å². The molecule has 1 aromatic carbocycles. The van der Waals surface area contributed by atoms with E-state index in [-0.39, 0.29) is 17.9 Å². The lowest BCUT2D eigenvalue weighted by molar-refractivity contribution is -0.140. The Hall–Kier alpha value is -3.52. The number of methoxy groups -OCH3 is 2. The highest BCUT2D eigenvalue weighted by atomic mass is 32.1. The van der Waals surface area contributed by atoms with Crippen LogP contribution in [-0.4, -0.2) is 35.9 Å². The molecule has 4 rings (SSSR count). The maximum Gasteiger partial charge on any atom is 0.296 e. The van der Waals surface area contributed by atoms with E-state index in [1.54, 1.807) is 30.3 Å². The van der Waals surface area contributed by atoms with Crippen molar-refractivity contribution in [3.8, 4) is 11.5 Å². The number of ketones is 1. The van der Waals surface area contributed by atoms with E-state index in [0.717, 1.165) is 4.88 Å². The molecular formula is C22H19NO6S. The Kier molecular flexibility index (Phi) is 5.33. The van der Waals surface area contributed by atoms with Crippen molar-refractivity contribution in [3.63, 3.8) is 0 Å². The van der Waals surface area contributed by atoms with Crippen LogP contribution in [0.4, 0.5) is 0 Å². The summed E-state index contributed by atoms with van der Waals surface area (Å²) in [5, 5.41) is 12.9. The first-order valence-electron chi connectivity index (χ1n) is 9.11. The number of benzene rings is 1. The van der Waals surface area contributed by atoms with Crippen molar-refractivity contribution in [1.82, 2.24) is 4.90 Å². The number of furan rings is 1. The Morgan fingerprint density at radius 1 is 1.13 bits per heavy atom. The summed E-state index contributed by atoms with van der Waals surface area (Å²) in [6.07, 6.45) is 1.51. The lowest BCUT2D eigenvalue weighted by atomic mass is 9.99. The summed E-state index contributed by atoms with van der Waals surface area (Å²) < 4.78 is 15.9. The average Bonchev–Trinajstić information content (AvgIpc) is 3.52. The number of hydrogen-bond acceptors (Lipinski definition) is 7. The zero-order valence-corrected chi connectivity index (χ0v) is 17.1. The van der Waals surface area contributed by atoms with Crippen LogP contribution in [0.5, 0.6) is 11.5 Å². The standard InChI is InChI=1S/C22H19NO6S/c1-27-15-8-7-13(11-16(15)28-2)20(24)18-19(17-6-4-10-30-17)23(22(26)21(18)25)12-14-5-3-9-29-14/h3-11,19,24H,12H2,1-2H3/b20-18-. The van der Waals surface area contributed by atoms with E-state index < -0.39 is 17.7 Å². The van der Waals surface area contributed by atoms with Gasteiger partial charge in [0.15, 0.2) is 11.5 Å². The number of hydrogen-bond donors (Lipinski definition) is 1. The van der Waals surface area contributed by atoms with E-state index in [2.05, 4.69) is 0 Å². The molecule has 0 aliphatic carbocycles. The van der Waals surface area contributed by atoms with Crippen LogP contribution in [0.3, 0.4) is 0 Å². The molecule has 1 atom stereocenters. The first kappa shape index (κ1) is 19.8. The van der Waals surface area contributed by atoms with Crippen molar-refractivity contribution in [1.29, 1.82) is 0 Å². The topological polar surface area (TPSA) is 89.2 Å². The Labute approximate surface area is 176 Å². The third-order valence-electron chi connectivity index (χ3n) is 4.92. The molecule has 0 radical (unpaired) electrons. The predicted molar refractivity (Wildman–Crippen MR) is 110 cm³/mol. The maximum absolute atomic E-state index is 13.0. The number of thiophene rings is 1. The molecule has 1 aliphatic heterocycles. The van der Waals surface area contributed by atoms with E-state index in [4.69, 9.17) is 13.9 Å². The first-order valence-corrected chi connectivity index (χ1v) is 9.99. The van der Waals surface area contributed by atoms with Crippen LogP contribution in [-0.2, 0) is 16.1 Å². The number of aliphatic hydroxyl groups is 1. The number of ether oxygens (including phenoxy) is 2. The Balaban J connectivity index is 1.84. The second kappa shape index (κ2) is 8.08. The van der Waals surface area contributed by atoms with Crippen molar-refractivity contribution in [2.45, 2.75) is 12.6 Å². The monoisotopic (exact) mass is 425 g/mol. The van der Waals surface area contributed by atoms with Crippen molar-refractivity contribution in [2.75, 3.05) is 14.2 Å². The van der Waals surface area contributed by atoms with Gasteiger partial charge in [-0.25, -0.2) is 0 Å². The summed E-state index contributed by atoms with van der Waals surface area (Å²) in [4.78, 5) is 28.0. The second-order valence-corrected chi connectivity index (χ2v) is 7.57. The summed E-state index contributed by atoms with van der Waals surface area (Å²) in [5.41, 5.74) is 0.381. The van der Waals surface area contributed by atoms with Gasteiger partial charge in [0, 0.05) is 10.4 Å². The molecule has 1 aliphatic rings. The molecule has 7 nitrogen and oxygen atoms in total. The molecule has 3 aromatic rings. The number of Topliss-reactive ketones (excluding diaryl/α,β-unsaturated/α-hetero) is 1. The lowest BCUT2D eigenvalue weighted by Crippen LogP contribution is -2.28. The minimum Gasteiger partial charge on any atom is -0.507 e. The summed E-state index contributed by atoms with van der Waals surface area (Å²) >= 11 is 1.40. The summed E-state index contributed by atoms with van der Waals surface area (Å²) in [5.74, 6) is -0.264. The lowest BCUT2D eigenvalue weighted by Gasteiger charge is -2.23. The third kappa shape index (κ3) is 3.35. The molecule has 3 heterocycles. The summed E-state index contributed by atoms with van der Waals surface area (Å²) in [7, 11) is 2.99. The molecule has 154 valence electrons. The molecule has 1 fully saturated rings. The molecule has 1 N–H and O–H groups in total. The van der Waals surface area contributed by atoms with Crippen LogP contribution in [0.2, 0.25) is 0 Å². The number of rotatable bonds is 6. The minimum absolute atomic E-state index is 0.0289. The number of nitrogens with zero attached hydrogens (tertiary/aromatic N) is 1. The highest BCUT2D eigenvalue weighted by molar-refractivity contribution is 7.10. The molecule has 2 aromatic heterocycles. The van der Waals surface area contributed by atoms with Crippen LogP contribution >= 0.6 is 11.3 Å². The van der Waals surface area contributed by atoms with Gasteiger partial charge >= 0.3 is 0 Å². The van der Waals surface area contributed by atoms with Gasteiger partial charge in [-0.3, -0.25) is 9.59 Å². The van der Waals surface area contributed by atoms with Gasteiger partial charge in [0.05, 0.1) is 32.6 Å². The highest BCUT2D eigenvalue weighted by Crippen LogP contribution is 2.42. The van der Waals surface area contributed by atoms with Crippen LogP contribution in [0, 0.1) is 0 Å². The molecular weight excluding hydrogens is 406 g/mol. The van der Waals surface area contributed by atoms with Gasteiger partial charge in [0.1, 0.15) is 17.6 Å². The van der Waals surface area contributed by atoms with E-state index in [1.807, 2.05) is 17.5 Å². The average molecular weight is 425 g/mol. The molecule has 1 amide bonds. The molecule has 0 bridgehead atoms. The van der Waals surface area contributed by atoms with E-state index >= 15 is 0 Å². The SMILES string of the molecule is COc1ccc(/C(O)=C2/C(=O)C(=O)N(Cc3ccco3)C2c2cccs2)cc1OC. The summed E-state index contributed by atoms with van der Waals surface area (Å²) in [6.45, 7) is 0.114. The van der Waals surface area contributed by atoms with Crippen molar-refractivity contribution in [3.05, 3.63) is 75.9 Å². The number of carbonyl (C=O) groups excluding carboxylic acids is 2. The molecule has 8 heteroatoms. The Morgan fingerprint density at radius 2 is 1.93 bits per heavy atom. The van der Waals surface area contributed by atoms with Crippen LogP contribution < -0.4 is 9.47 Å². The van der Waals surface area contributed by atoms with Gasteiger partial charge in [-0.05, 0) is 41.8 Å². The van der Waals surface area contributed by atoms with Crippen molar-refractivity contribution in [2.24, 2.45) is 0 Å².